The van der Waals surface area contributed by atoms with Crippen LogP contribution in [-0.2, 0) is 0 Å². The maximum atomic E-state index is 12.2. The molecular formula is C18H12Cl2N8O3. The average molecular weight is 459 g/mol. The van der Waals surface area contributed by atoms with Gasteiger partial charge < -0.3 is 0 Å². The summed E-state index contributed by atoms with van der Waals surface area (Å²) in [5, 5.41) is 24.3. The molecule has 11 nitrogen and oxygen atoms in total. The molecule has 2 N–H and O–H groups in total. The summed E-state index contributed by atoms with van der Waals surface area (Å²) in [6.07, 6.45) is 1.50. The minimum Gasteiger partial charge on any atom is -0.270 e. The van der Waals surface area contributed by atoms with Gasteiger partial charge in [0.1, 0.15) is 11.8 Å². The van der Waals surface area contributed by atoms with Crippen molar-refractivity contribution in [3.05, 3.63) is 70.8 Å². The molecule has 1 aromatic carbocycles. The number of aromatic nitrogens is 7. The van der Waals surface area contributed by atoms with Crippen LogP contribution < -0.4 is 16.8 Å². The molecule has 0 amide bonds. The first kappa shape index (κ1) is 20.5. The molecule has 0 fully saturated rings. The van der Waals surface area contributed by atoms with Crippen LogP contribution >= 0.6 is 23.2 Å². The highest BCUT2D eigenvalue weighted by atomic mass is 35.5. The van der Waals surface area contributed by atoms with Crippen molar-refractivity contribution >= 4 is 34.2 Å². The molecule has 4 aromatic rings. The smallest absolute Gasteiger partial charge is 0.270 e. The number of fused-ring (bicyclic) bond motifs is 1. The van der Waals surface area contributed by atoms with Crippen LogP contribution in [0.2, 0.25) is 10.0 Å². The van der Waals surface area contributed by atoms with Crippen molar-refractivity contribution in [1.29, 1.82) is 5.26 Å². The molecule has 0 bridgehead atoms. The molecule has 0 aliphatic heterocycles. The Bertz CT molecular complexity index is 1550. The zero-order valence-electron chi connectivity index (χ0n) is 16.0. The summed E-state index contributed by atoms with van der Waals surface area (Å²) in [5.74, 6) is -0.0762. The zero-order chi connectivity index (χ0) is 22.4. The van der Waals surface area contributed by atoms with E-state index in [0.29, 0.717) is 16.6 Å². The van der Waals surface area contributed by atoms with Crippen LogP contribution in [0.3, 0.4) is 0 Å². The fourth-order valence-electron chi connectivity index (χ4n) is 3.19. The molecule has 3 heterocycles. The number of nitrogens with one attached hydrogen (secondary N) is 2. The monoisotopic (exact) mass is 458 g/mol. The van der Waals surface area contributed by atoms with Crippen LogP contribution in [0.25, 0.3) is 22.4 Å². The van der Waals surface area contributed by atoms with Gasteiger partial charge in [0.05, 0.1) is 27.3 Å². The van der Waals surface area contributed by atoms with Crippen LogP contribution in [0, 0.1) is 11.3 Å². The Morgan fingerprint density at radius 2 is 1.77 bits per heavy atom. The van der Waals surface area contributed by atoms with Gasteiger partial charge in [0.25, 0.3) is 11.1 Å². The number of halogens is 2. The highest BCUT2D eigenvalue weighted by Crippen LogP contribution is 2.33. The molecule has 3 aromatic heterocycles. The predicted octanol–water partition coefficient (Wildman–Crippen LogP) is 1.64. The second-order valence-corrected chi connectivity index (χ2v) is 7.62. The maximum absolute atomic E-state index is 12.2. The lowest BCUT2D eigenvalue weighted by molar-refractivity contribution is 0.740. The zero-order valence-corrected chi connectivity index (χ0v) is 17.5. The van der Waals surface area contributed by atoms with Crippen molar-refractivity contribution in [3.8, 4) is 17.4 Å². The average Bonchev–Trinajstić information content (AvgIpc) is 3.10. The van der Waals surface area contributed by atoms with Crippen molar-refractivity contribution in [1.82, 2.24) is 34.7 Å². The second-order valence-electron chi connectivity index (χ2n) is 6.80. The van der Waals surface area contributed by atoms with Gasteiger partial charge in [-0.05, 0) is 18.1 Å². The minimum absolute atomic E-state index is 0.0762. The Hall–Kier alpha value is -3.75. The molecule has 0 unspecified atom stereocenters. The van der Waals surface area contributed by atoms with E-state index < -0.39 is 16.9 Å². The van der Waals surface area contributed by atoms with Crippen LogP contribution in [0.1, 0.15) is 31.0 Å². The van der Waals surface area contributed by atoms with E-state index in [-0.39, 0.29) is 32.9 Å². The summed E-state index contributed by atoms with van der Waals surface area (Å²) >= 11 is 12.9. The number of nitrogens with zero attached hydrogens (tertiary/aromatic N) is 6. The number of aromatic amines is 2. The summed E-state index contributed by atoms with van der Waals surface area (Å²) in [6.45, 7) is 3.75. The molecule has 31 heavy (non-hydrogen) atoms. The van der Waals surface area contributed by atoms with Gasteiger partial charge in [-0.25, -0.2) is 14.6 Å². The van der Waals surface area contributed by atoms with E-state index in [0.717, 1.165) is 4.68 Å². The maximum Gasteiger partial charge on any atom is 0.349 e. The molecule has 0 aliphatic rings. The third-order valence-electron chi connectivity index (χ3n) is 4.51. The number of hydrogen-bond donors (Lipinski definition) is 2. The predicted molar refractivity (Wildman–Crippen MR) is 112 cm³/mol. The van der Waals surface area contributed by atoms with Gasteiger partial charge in [0.2, 0.25) is 5.69 Å². The van der Waals surface area contributed by atoms with Gasteiger partial charge in [-0.1, -0.05) is 37.0 Å². The second kappa shape index (κ2) is 7.50. The SMILES string of the molecule is CC(C)c1c(=O)[nH]nc2c1cnn2-c1c(Cl)cc(-n2nc(C#N)c(=O)[nH]c2=O)cc1Cl. The van der Waals surface area contributed by atoms with Crippen molar-refractivity contribution in [3.63, 3.8) is 0 Å². The topological polar surface area (TPSA) is 155 Å². The van der Waals surface area contributed by atoms with E-state index in [9.17, 15) is 14.4 Å². The van der Waals surface area contributed by atoms with Gasteiger partial charge in [-0.3, -0.25) is 14.6 Å². The number of hydrogen-bond acceptors (Lipinski definition) is 7. The number of H-pyrrole nitrogens is 2. The molecular weight excluding hydrogens is 447 g/mol. The Balaban J connectivity index is 1.94. The first-order chi connectivity index (χ1) is 14.7. The minimum atomic E-state index is -0.901. The molecule has 0 saturated heterocycles. The number of benzene rings is 1. The summed E-state index contributed by atoms with van der Waals surface area (Å²) in [7, 11) is 0. The normalized spacial score (nSPS) is 11.2. The molecule has 0 atom stereocenters. The van der Waals surface area contributed by atoms with E-state index in [1.165, 1.54) is 23.0 Å². The van der Waals surface area contributed by atoms with Crippen molar-refractivity contribution in [2.24, 2.45) is 0 Å². The molecule has 13 heteroatoms. The Kier molecular flexibility index (Phi) is 4.96. The standard InChI is InChI=1S/C18H12Cl2N8O3/c1-7(2)13-9-6-22-28(15(9)24-25-17(13)30)14-10(19)3-8(4-11(14)20)27-18(31)23-16(29)12(5-21)26-27/h3-4,6-7H,1-2H3,(H,25,30)(H,23,29,31). The molecule has 4 rings (SSSR count). The fraction of sp³-hybridized carbons (Fsp3) is 0.167. The molecule has 0 radical (unpaired) electrons. The van der Waals surface area contributed by atoms with Gasteiger partial charge in [0, 0.05) is 5.56 Å². The summed E-state index contributed by atoms with van der Waals surface area (Å²) in [5.41, 5.74) is -1.34. The van der Waals surface area contributed by atoms with E-state index in [1.807, 2.05) is 18.8 Å². The summed E-state index contributed by atoms with van der Waals surface area (Å²) in [6, 6.07) is 4.35. The van der Waals surface area contributed by atoms with E-state index in [1.54, 1.807) is 6.07 Å². The quantitative estimate of drug-likeness (QED) is 0.472. The van der Waals surface area contributed by atoms with Gasteiger partial charge in [-0.2, -0.15) is 20.1 Å². The third-order valence-corrected chi connectivity index (χ3v) is 5.09. The Labute approximate surface area is 182 Å². The number of nitriles is 1. The van der Waals surface area contributed by atoms with E-state index in [2.05, 4.69) is 20.4 Å². The Morgan fingerprint density at radius 3 is 2.39 bits per heavy atom. The first-order valence-corrected chi connectivity index (χ1v) is 9.58. The van der Waals surface area contributed by atoms with Crippen LogP contribution in [-0.4, -0.2) is 34.7 Å². The molecule has 156 valence electrons. The fourth-order valence-corrected chi connectivity index (χ4v) is 3.82. The third kappa shape index (κ3) is 3.31. The lowest BCUT2D eigenvalue weighted by atomic mass is 10.0. The lowest BCUT2D eigenvalue weighted by Crippen LogP contribution is -2.33. The van der Waals surface area contributed by atoms with Gasteiger partial charge in [-0.15, -0.1) is 5.10 Å². The highest BCUT2D eigenvalue weighted by molar-refractivity contribution is 6.38. The molecule has 0 saturated carbocycles. The van der Waals surface area contributed by atoms with Gasteiger partial charge >= 0.3 is 5.69 Å². The van der Waals surface area contributed by atoms with Crippen LogP contribution in [0.5, 0.6) is 0 Å². The highest BCUT2D eigenvalue weighted by Gasteiger charge is 2.20. The van der Waals surface area contributed by atoms with Crippen molar-refractivity contribution in [2.75, 3.05) is 0 Å². The van der Waals surface area contributed by atoms with Crippen molar-refractivity contribution in [2.45, 2.75) is 19.8 Å². The summed E-state index contributed by atoms with van der Waals surface area (Å²) < 4.78 is 2.17. The molecule has 0 aliphatic carbocycles. The number of rotatable bonds is 3. The van der Waals surface area contributed by atoms with Crippen LogP contribution in [0.4, 0.5) is 0 Å². The Morgan fingerprint density at radius 1 is 1.10 bits per heavy atom. The largest absolute Gasteiger partial charge is 0.349 e. The van der Waals surface area contributed by atoms with Crippen molar-refractivity contribution < 1.29 is 0 Å². The first-order valence-electron chi connectivity index (χ1n) is 8.82. The van der Waals surface area contributed by atoms with E-state index >= 15 is 0 Å². The van der Waals surface area contributed by atoms with E-state index in [4.69, 9.17) is 28.5 Å². The lowest BCUT2D eigenvalue weighted by Gasteiger charge is -2.12. The summed E-state index contributed by atoms with van der Waals surface area (Å²) in [4.78, 5) is 37.9. The van der Waals surface area contributed by atoms with Gasteiger partial charge in [0.15, 0.2) is 5.65 Å². The van der Waals surface area contributed by atoms with Crippen LogP contribution in [0.15, 0.2) is 32.7 Å². The molecule has 0 spiro atoms.